The number of hydrogen-bond donors (Lipinski definition) is 1. The molecular weight excluding hydrogens is 439 g/mol. The van der Waals surface area contributed by atoms with Gasteiger partial charge in [-0.1, -0.05) is 18.2 Å². The topological polar surface area (TPSA) is 75.7 Å². The van der Waals surface area contributed by atoms with Crippen molar-refractivity contribution < 1.29 is 22.3 Å². The molecule has 0 radical (unpaired) electrons. The molecule has 6 nitrogen and oxygen atoms in total. The number of morpholine rings is 1. The normalized spacial score (nSPS) is 15.0. The predicted octanol–water partition coefficient (Wildman–Crippen LogP) is 4.14. The number of carbonyl (C=O) groups is 1. The van der Waals surface area contributed by atoms with E-state index in [-0.39, 0.29) is 16.6 Å². The van der Waals surface area contributed by atoms with Crippen LogP contribution in [0.5, 0.6) is 0 Å². The van der Waals surface area contributed by atoms with Crippen molar-refractivity contribution in [3.63, 3.8) is 0 Å². The number of aryl methyl sites for hydroxylation is 1. The standard InChI is InChI=1S/C22H21FN2O4S2/c1-15-2-7-18(31(27,28)25-10-12-29-13-11-25)14-19(15)24-22(26)21-9-8-20(30-21)16-3-5-17(23)6-4-16/h2-9,14H,10-13H2,1H3,(H,24,26). The Balaban J connectivity index is 1.55. The van der Waals surface area contributed by atoms with Gasteiger partial charge in [0.05, 0.1) is 23.0 Å². The van der Waals surface area contributed by atoms with E-state index < -0.39 is 10.0 Å². The van der Waals surface area contributed by atoms with Gasteiger partial charge >= 0.3 is 0 Å². The molecule has 2 aromatic carbocycles. The number of thiophene rings is 1. The number of nitrogens with zero attached hydrogens (tertiary/aromatic N) is 1. The van der Waals surface area contributed by atoms with E-state index in [1.165, 1.54) is 33.8 Å². The second kappa shape index (κ2) is 8.88. The smallest absolute Gasteiger partial charge is 0.265 e. The van der Waals surface area contributed by atoms with Crippen LogP contribution in [0.1, 0.15) is 15.2 Å². The van der Waals surface area contributed by atoms with E-state index in [1.807, 2.05) is 0 Å². The number of hydrogen-bond acceptors (Lipinski definition) is 5. The fourth-order valence-corrected chi connectivity index (χ4v) is 5.59. The predicted molar refractivity (Wildman–Crippen MR) is 118 cm³/mol. The molecule has 1 aliphatic rings. The minimum absolute atomic E-state index is 0.133. The molecule has 0 unspecified atom stereocenters. The summed E-state index contributed by atoms with van der Waals surface area (Å²) in [5.41, 5.74) is 2.01. The minimum Gasteiger partial charge on any atom is -0.379 e. The van der Waals surface area contributed by atoms with Crippen LogP contribution in [0.3, 0.4) is 0 Å². The molecule has 1 N–H and O–H groups in total. The van der Waals surface area contributed by atoms with Gasteiger partial charge in [0.2, 0.25) is 10.0 Å². The number of amides is 1. The van der Waals surface area contributed by atoms with Gasteiger partial charge in [-0.3, -0.25) is 4.79 Å². The summed E-state index contributed by atoms with van der Waals surface area (Å²) in [5, 5.41) is 2.82. The van der Waals surface area contributed by atoms with Gasteiger partial charge in [-0.25, -0.2) is 12.8 Å². The molecule has 3 aromatic rings. The lowest BCUT2D eigenvalue weighted by molar-refractivity contribution is 0.0730. The SMILES string of the molecule is Cc1ccc(S(=O)(=O)N2CCOCC2)cc1NC(=O)c1ccc(-c2ccc(F)cc2)s1. The number of ether oxygens (including phenoxy) is 1. The van der Waals surface area contributed by atoms with Crippen LogP contribution in [0.2, 0.25) is 0 Å². The summed E-state index contributed by atoms with van der Waals surface area (Å²) in [5.74, 6) is -0.650. The Hall–Kier alpha value is -2.59. The van der Waals surface area contributed by atoms with E-state index in [2.05, 4.69) is 5.32 Å². The summed E-state index contributed by atoms with van der Waals surface area (Å²) in [6.07, 6.45) is 0. The van der Waals surface area contributed by atoms with Gasteiger partial charge in [-0.2, -0.15) is 4.31 Å². The van der Waals surface area contributed by atoms with Gasteiger partial charge in [0.1, 0.15) is 5.82 Å². The van der Waals surface area contributed by atoms with Gasteiger partial charge in [-0.05, 0) is 54.4 Å². The van der Waals surface area contributed by atoms with Crippen molar-refractivity contribution >= 4 is 33.0 Å². The number of nitrogens with one attached hydrogen (secondary N) is 1. The third kappa shape index (κ3) is 4.69. The van der Waals surface area contributed by atoms with E-state index in [1.54, 1.807) is 43.3 Å². The van der Waals surface area contributed by atoms with Crippen LogP contribution < -0.4 is 5.32 Å². The van der Waals surface area contributed by atoms with Crippen molar-refractivity contribution in [2.24, 2.45) is 0 Å². The highest BCUT2D eigenvalue weighted by Crippen LogP contribution is 2.30. The molecule has 31 heavy (non-hydrogen) atoms. The highest BCUT2D eigenvalue weighted by molar-refractivity contribution is 7.89. The molecule has 4 rings (SSSR count). The third-order valence-electron chi connectivity index (χ3n) is 5.02. The molecule has 0 bridgehead atoms. The molecule has 0 atom stereocenters. The molecule has 1 fully saturated rings. The molecule has 1 amide bonds. The quantitative estimate of drug-likeness (QED) is 0.621. The van der Waals surface area contributed by atoms with Crippen LogP contribution in [0, 0.1) is 12.7 Å². The molecule has 0 saturated carbocycles. The Morgan fingerprint density at radius 3 is 2.48 bits per heavy atom. The number of carbonyl (C=O) groups excluding carboxylic acids is 1. The summed E-state index contributed by atoms with van der Waals surface area (Å²) < 4.78 is 45.6. The van der Waals surface area contributed by atoms with E-state index >= 15 is 0 Å². The minimum atomic E-state index is -3.66. The van der Waals surface area contributed by atoms with Crippen molar-refractivity contribution in [3.05, 3.63) is 70.9 Å². The lowest BCUT2D eigenvalue weighted by Crippen LogP contribution is -2.40. The molecule has 0 spiro atoms. The monoisotopic (exact) mass is 460 g/mol. The first-order valence-electron chi connectivity index (χ1n) is 9.70. The Labute approximate surface area is 184 Å². The highest BCUT2D eigenvalue weighted by Gasteiger charge is 2.27. The lowest BCUT2D eigenvalue weighted by Gasteiger charge is -2.26. The first-order chi connectivity index (χ1) is 14.8. The summed E-state index contributed by atoms with van der Waals surface area (Å²) >= 11 is 1.28. The molecule has 0 aliphatic carbocycles. The zero-order valence-electron chi connectivity index (χ0n) is 16.8. The Kier molecular flexibility index (Phi) is 6.19. The van der Waals surface area contributed by atoms with Crippen LogP contribution in [0.15, 0.2) is 59.5 Å². The van der Waals surface area contributed by atoms with E-state index in [4.69, 9.17) is 4.74 Å². The number of benzene rings is 2. The Bertz CT molecular complexity index is 1200. The first kappa shape index (κ1) is 21.6. The summed E-state index contributed by atoms with van der Waals surface area (Å²) in [4.78, 5) is 14.2. The lowest BCUT2D eigenvalue weighted by atomic mass is 10.2. The summed E-state index contributed by atoms with van der Waals surface area (Å²) in [6, 6.07) is 14.3. The number of anilines is 1. The number of rotatable bonds is 5. The van der Waals surface area contributed by atoms with Gasteiger partial charge in [0.15, 0.2) is 0 Å². The van der Waals surface area contributed by atoms with Gasteiger partial charge in [0.25, 0.3) is 5.91 Å². The largest absolute Gasteiger partial charge is 0.379 e. The van der Waals surface area contributed by atoms with E-state index in [0.717, 1.165) is 16.0 Å². The van der Waals surface area contributed by atoms with Crippen LogP contribution in [0.4, 0.5) is 10.1 Å². The summed E-state index contributed by atoms with van der Waals surface area (Å²) in [7, 11) is -3.66. The van der Waals surface area contributed by atoms with Crippen molar-refractivity contribution in [1.82, 2.24) is 4.31 Å². The number of halogens is 1. The molecule has 2 heterocycles. The Morgan fingerprint density at radius 1 is 1.06 bits per heavy atom. The zero-order valence-corrected chi connectivity index (χ0v) is 18.4. The van der Waals surface area contributed by atoms with Crippen LogP contribution in [-0.4, -0.2) is 44.9 Å². The van der Waals surface area contributed by atoms with Gasteiger partial charge < -0.3 is 10.1 Å². The van der Waals surface area contributed by atoms with E-state index in [9.17, 15) is 17.6 Å². The summed E-state index contributed by atoms with van der Waals surface area (Å²) in [6.45, 7) is 3.14. The van der Waals surface area contributed by atoms with E-state index in [0.29, 0.717) is 36.9 Å². The second-order valence-electron chi connectivity index (χ2n) is 7.12. The molecular formula is C22H21FN2O4S2. The molecule has 1 aliphatic heterocycles. The second-order valence-corrected chi connectivity index (χ2v) is 10.1. The van der Waals surface area contributed by atoms with Crippen LogP contribution in [0.25, 0.3) is 10.4 Å². The maximum absolute atomic E-state index is 13.1. The molecule has 9 heteroatoms. The maximum atomic E-state index is 13.1. The van der Waals surface area contributed by atoms with Crippen molar-refractivity contribution in [1.29, 1.82) is 0 Å². The number of sulfonamides is 1. The maximum Gasteiger partial charge on any atom is 0.265 e. The molecule has 1 saturated heterocycles. The van der Waals surface area contributed by atoms with Gasteiger partial charge in [0, 0.05) is 23.7 Å². The fourth-order valence-electron chi connectivity index (χ4n) is 3.25. The van der Waals surface area contributed by atoms with Crippen LogP contribution in [-0.2, 0) is 14.8 Å². The van der Waals surface area contributed by atoms with Gasteiger partial charge in [-0.15, -0.1) is 11.3 Å². The van der Waals surface area contributed by atoms with Crippen molar-refractivity contribution in [3.8, 4) is 10.4 Å². The molecule has 1 aromatic heterocycles. The molecule has 162 valence electrons. The third-order valence-corrected chi connectivity index (χ3v) is 8.05. The average molecular weight is 461 g/mol. The fraction of sp³-hybridized carbons (Fsp3) is 0.227. The zero-order chi connectivity index (χ0) is 22.0. The van der Waals surface area contributed by atoms with Crippen molar-refractivity contribution in [2.45, 2.75) is 11.8 Å². The average Bonchev–Trinajstić information content (AvgIpc) is 3.27. The van der Waals surface area contributed by atoms with Crippen LogP contribution >= 0.6 is 11.3 Å². The highest BCUT2D eigenvalue weighted by atomic mass is 32.2. The first-order valence-corrected chi connectivity index (χ1v) is 12.0. The Morgan fingerprint density at radius 2 is 1.77 bits per heavy atom. The van der Waals surface area contributed by atoms with Crippen molar-refractivity contribution in [2.75, 3.05) is 31.6 Å².